The summed E-state index contributed by atoms with van der Waals surface area (Å²) in [5.74, 6) is 0.379. The number of hydrogen-bond donors (Lipinski definition) is 1. The highest BCUT2D eigenvalue weighted by molar-refractivity contribution is 6.43. The Kier molecular flexibility index (Phi) is 4.06. The van der Waals surface area contributed by atoms with E-state index in [4.69, 9.17) is 28.9 Å². The zero-order chi connectivity index (χ0) is 17.6. The SMILES string of the molecule is CN(C(N)=Nc1cccc(Cl)c1Cl)c1ccc2cccc3c2c1CC3. The molecule has 0 spiro atoms. The highest BCUT2D eigenvalue weighted by Gasteiger charge is 2.20. The molecule has 0 radical (unpaired) electrons. The van der Waals surface area contributed by atoms with E-state index in [9.17, 15) is 0 Å². The molecule has 2 N–H and O–H groups in total. The van der Waals surface area contributed by atoms with Crippen LogP contribution in [0, 0.1) is 0 Å². The molecule has 0 saturated carbocycles. The van der Waals surface area contributed by atoms with Crippen LogP contribution < -0.4 is 10.6 Å². The second-order valence-electron chi connectivity index (χ2n) is 6.18. The van der Waals surface area contributed by atoms with E-state index < -0.39 is 0 Å². The summed E-state index contributed by atoms with van der Waals surface area (Å²) in [6.45, 7) is 0. The molecule has 0 aromatic heterocycles. The largest absolute Gasteiger partial charge is 0.369 e. The monoisotopic (exact) mass is 369 g/mol. The predicted octanol–water partition coefficient (Wildman–Crippen LogP) is 5.33. The van der Waals surface area contributed by atoms with E-state index in [0.29, 0.717) is 21.7 Å². The molecule has 0 saturated heterocycles. The van der Waals surface area contributed by atoms with Crippen molar-refractivity contribution < 1.29 is 0 Å². The van der Waals surface area contributed by atoms with Crippen molar-refractivity contribution in [3.05, 3.63) is 69.7 Å². The van der Waals surface area contributed by atoms with Crippen molar-refractivity contribution in [3.63, 3.8) is 0 Å². The Morgan fingerprint density at radius 3 is 2.68 bits per heavy atom. The molecular weight excluding hydrogens is 353 g/mol. The summed E-state index contributed by atoms with van der Waals surface area (Å²) in [6, 6.07) is 16.1. The molecular formula is C20H17Cl2N3. The fraction of sp³-hybridized carbons (Fsp3) is 0.150. The Hall–Kier alpha value is -2.23. The predicted molar refractivity (Wildman–Crippen MR) is 108 cm³/mol. The smallest absolute Gasteiger partial charge is 0.200 e. The summed E-state index contributed by atoms with van der Waals surface area (Å²) in [5.41, 5.74) is 10.6. The van der Waals surface area contributed by atoms with Crippen molar-refractivity contribution in [1.29, 1.82) is 0 Å². The van der Waals surface area contributed by atoms with Crippen molar-refractivity contribution in [2.45, 2.75) is 12.8 Å². The van der Waals surface area contributed by atoms with E-state index >= 15 is 0 Å². The van der Waals surface area contributed by atoms with Gasteiger partial charge in [0, 0.05) is 12.7 Å². The summed E-state index contributed by atoms with van der Waals surface area (Å²) < 4.78 is 0. The first-order valence-corrected chi connectivity index (χ1v) is 8.87. The van der Waals surface area contributed by atoms with Crippen LogP contribution in [0.15, 0.2) is 53.5 Å². The van der Waals surface area contributed by atoms with E-state index in [1.165, 1.54) is 21.9 Å². The maximum absolute atomic E-state index is 6.26. The summed E-state index contributed by atoms with van der Waals surface area (Å²) in [6.07, 6.45) is 2.08. The minimum Gasteiger partial charge on any atom is -0.369 e. The Balaban J connectivity index is 1.77. The first-order valence-electron chi connectivity index (χ1n) is 8.11. The lowest BCUT2D eigenvalue weighted by Crippen LogP contribution is -2.34. The molecule has 25 heavy (non-hydrogen) atoms. The van der Waals surface area contributed by atoms with Crippen molar-refractivity contribution in [2.75, 3.05) is 11.9 Å². The summed E-state index contributed by atoms with van der Waals surface area (Å²) in [4.78, 5) is 6.38. The van der Waals surface area contributed by atoms with Gasteiger partial charge < -0.3 is 10.6 Å². The van der Waals surface area contributed by atoms with Gasteiger partial charge in [-0.3, -0.25) is 0 Å². The third kappa shape index (κ3) is 2.74. The molecule has 0 unspecified atom stereocenters. The van der Waals surface area contributed by atoms with Gasteiger partial charge in [0.25, 0.3) is 0 Å². The van der Waals surface area contributed by atoms with Crippen LogP contribution in [-0.4, -0.2) is 13.0 Å². The van der Waals surface area contributed by atoms with E-state index in [1.54, 1.807) is 12.1 Å². The van der Waals surface area contributed by atoms with Crippen molar-refractivity contribution in [2.24, 2.45) is 10.7 Å². The Labute approximate surface area is 156 Å². The van der Waals surface area contributed by atoms with E-state index in [1.807, 2.05) is 18.0 Å². The van der Waals surface area contributed by atoms with Gasteiger partial charge in [0.05, 0.1) is 15.7 Å². The number of guanidine groups is 1. The van der Waals surface area contributed by atoms with Crippen LogP contribution in [0.2, 0.25) is 10.0 Å². The van der Waals surface area contributed by atoms with Crippen molar-refractivity contribution >= 4 is 51.3 Å². The van der Waals surface area contributed by atoms with Crippen LogP contribution in [0.25, 0.3) is 10.8 Å². The van der Waals surface area contributed by atoms with Crippen LogP contribution >= 0.6 is 23.2 Å². The number of aryl methyl sites for hydroxylation is 2. The van der Waals surface area contributed by atoms with Gasteiger partial charge in [0.1, 0.15) is 0 Å². The quantitative estimate of drug-likeness (QED) is 0.490. The van der Waals surface area contributed by atoms with Crippen molar-refractivity contribution in [1.82, 2.24) is 0 Å². The second kappa shape index (κ2) is 6.25. The molecule has 3 aromatic carbocycles. The number of nitrogens with two attached hydrogens (primary N) is 1. The average Bonchev–Trinajstić information content (AvgIpc) is 3.05. The van der Waals surface area contributed by atoms with Crippen LogP contribution in [-0.2, 0) is 12.8 Å². The third-order valence-electron chi connectivity index (χ3n) is 4.73. The molecule has 3 aromatic rings. The fourth-order valence-electron chi connectivity index (χ4n) is 3.46. The summed E-state index contributed by atoms with van der Waals surface area (Å²) >= 11 is 12.3. The Morgan fingerprint density at radius 2 is 1.84 bits per heavy atom. The normalized spacial score (nSPS) is 13.5. The first kappa shape index (κ1) is 16.2. The Bertz CT molecular complexity index is 1010. The highest BCUT2D eigenvalue weighted by atomic mass is 35.5. The lowest BCUT2D eigenvalue weighted by molar-refractivity contribution is 1.02. The number of benzene rings is 3. The lowest BCUT2D eigenvalue weighted by atomic mass is 10.0. The zero-order valence-corrected chi connectivity index (χ0v) is 15.3. The molecule has 0 aliphatic heterocycles. The minimum absolute atomic E-state index is 0.379. The topological polar surface area (TPSA) is 41.6 Å². The molecule has 0 heterocycles. The fourth-order valence-corrected chi connectivity index (χ4v) is 3.80. The molecule has 4 rings (SSSR count). The van der Waals surface area contributed by atoms with Crippen LogP contribution in [0.4, 0.5) is 11.4 Å². The van der Waals surface area contributed by atoms with Crippen LogP contribution in [0.1, 0.15) is 11.1 Å². The summed E-state index contributed by atoms with van der Waals surface area (Å²) in [5, 5.41) is 3.49. The maximum Gasteiger partial charge on any atom is 0.200 e. The van der Waals surface area contributed by atoms with Gasteiger partial charge in [-0.25, -0.2) is 4.99 Å². The average molecular weight is 370 g/mol. The van der Waals surface area contributed by atoms with Gasteiger partial charge in [-0.15, -0.1) is 0 Å². The highest BCUT2D eigenvalue weighted by Crippen LogP contribution is 2.37. The van der Waals surface area contributed by atoms with Gasteiger partial charge in [0.2, 0.25) is 5.96 Å². The van der Waals surface area contributed by atoms with E-state index in [0.717, 1.165) is 18.5 Å². The summed E-state index contributed by atoms with van der Waals surface area (Å²) in [7, 11) is 1.93. The van der Waals surface area contributed by atoms with E-state index in [2.05, 4.69) is 35.3 Å². The third-order valence-corrected chi connectivity index (χ3v) is 5.54. The molecule has 5 heteroatoms. The number of anilines is 1. The molecule has 3 nitrogen and oxygen atoms in total. The maximum atomic E-state index is 6.26. The molecule has 0 bridgehead atoms. The molecule has 0 amide bonds. The number of aliphatic imine (C=N–C) groups is 1. The van der Waals surface area contributed by atoms with Crippen LogP contribution in [0.3, 0.4) is 0 Å². The number of halogens is 2. The number of hydrogen-bond acceptors (Lipinski definition) is 1. The molecule has 0 atom stereocenters. The molecule has 1 aliphatic rings. The number of rotatable bonds is 2. The van der Waals surface area contributed by atoms with Gasteiger partial charge in [-0.05, 0) is 52.9 Å². The lowest BCUT2D eigenvalue weighted by Gasteiger charge is -2.21. The van der Waals surface area contributed by atoms with Gasteiger partial charge in [-0.2, -0.15) is 0 Å². The van der Waals surface area contributed by atoms with E-state index in [-0.39, 0.29) is 0 Å². The van der Waals surface area contributed by atoms with Crippen LogP contribution in [0.5, 0.6) is 0 Å². The van der Waals surface area contributed by atoms with Gasteiger partial charge in [0.15, 0.2) is 0 Å². The molecule has 0 fully saturated rings. The zero-order valence-electron chi connectivity index (χ0n) is 13.8. The Morgan fingerprint density at radius 1 is 1.04 bits per heavy atom. The minimum atomic E-state index is 0.379. The van der Waals surface area contributed by atoms with Gasteiger partial charge >= 0.3 is 0 Å². The second-order valence-corrected chi connectivity index (χ2v) is 6.97. The standard InChI is InChI=1S/C20H17Cl2N3/c1-25(20(23)24-16-7-3-6-15(21)19(16)22)17-11-9-13-5-2-4-12-8-10-14(17)18(12)13/h2-7,9,11H,8,10H2,1H3,(H2,23,24). The molecule has 1 aliphatic carbocycles. The van der Waals surface area contributed by atoms with Crippen molar-refractivity contribution in [3.8, 4) is 0 Å². The molecule has 126 valence electrons. The first-order chi connectivity index (χ1) is 12.1. The number of nitrogens with zero attached hydrogens (tertiary/aromatic N) is 2. The van der Waals surface area contributed by atoms with Gasteiger partial charge in [-0.1, -0.05) is 53.5 Å².